The molecule has 1 aromatic carbocycles. The van der Waals surface area contributed by atoms with Gasteiger partial charge in [-0.2, -0.15) is 13.2 Å². The predicted molar refractivity (Wildman–Crippen MR) is 77.9 cm³/mol. The number of unbranched alkanes of at least 4 members (excludes halogenated alkanes) is 5. The van der Waals surface area contributed by atoms with Gasteiger partial charge in [0.25, 0.3) is 0 Å². The van der Waals surface area contributed by atoms with Crippen LogP contribution in [0.15, 0.2) is 18.2 Å². The van der Waals surface area contributed by atoms with Crippen LogP contribution in [0, 0.1) is 0 Å². The number of aryl methyl sites for hydroxylation is 1. The average molecular weight is 290 g/mol. The van der Waals surface area contributed by atoms with Crippen LogP contribution in [0.2, 0.25) is 0 Å². The summed E-state index contributed by atoms with van der Waals surface area (Å²) in [6, 6.07) is 4.80. The van der Waals surface area contributed by atoms with E-state index in [0.717, 1.165) is 19.3 Å². The lowest BCUT2D eigenvalue weighted by Crippen LogP contribution is -2.18. The Kier molecular flexibility index (Phi) is 6.85. The van der Waals surface area contributed by atoms with Crippen molar-refractivity contribution in [3.63, 3.8) is 0 Å². The van der Waals surface area contributed by atoms with Crippen LogP contribution < -0.4 is 5.30 Å². The Morgan fingerprint density at radius 1 is 1.00 bits per heavy atom. The molecule has 0 nitrogen and oxygen atoms in total. The smallest absolute Gasteiger partial charge is 0.166 e. The Morgan fingerprint density at radius 2 is 1.63 bits per heavy atom. The minimum absolute atomic E-state index is 0.246. The fourth-order valence-electron chi connectivity index (χ4n) is 2.27. The van der Waals surface area contributed by atoms with Gasteiger partial charge in [-0.05, 0) is 23.7 Å². The van der Waals surface area contributed by atoms with E-state index in [1.165, 1.54) is 25.3 Å². The maximum atomic E-state index is 13.0. The first-order valence-corrected chi connectivity index (χ1v) is 7.49. The molecule has 0 aromatic heterocycles. The summed E-state index contributed by atoms with van der Waals surface area (Å²) in [6.07, 6.45) is 2.82. The van der Waals surface area contributed by atoms with Crippen molar-refractivity contribution in [3.05, 3.63) is 29.3 Å². The molecule has 0 aliphatic rings. The van der Waals surface area contributed by atoms with Crippen molar-refractivity contribution in [2.45, 2.75) is 58.0 Å². The summed E-state index contributed by atoms with van der Waals surface area (Å²) in [5.74, 6) is 0. The summed E-state index contributed by atoms with van der Waals surface area (Å²) in [7, 11) is 2.19. The minimum atomic E-state index is -4.25. The van der Waals surface area contributed by atoms with Crippen molar-refractivity contribution in [1.82, 2.24) is 0 Å². The molecule has 0 saturated heterocycles. The van der Waals surface area contributed by atoms with Gasteiger partial charge in [0.05, 0.1) is 5.56 Å². The third kappa shape index (κ3) is 5.52. The highest BCUT2D eigenvalue weighted by Crippen LogP contribution is 2.32. The van der Waals surface area contributed by atoms with Crippen molar-refractivity contribution in [2.75, 3.05) is 0 Å². The quantitative estimate of drug-likeness (QED) is 0.483. The molecule has 0 aliphatic heterocycles. The first kappa shape index (κ1) is 16.5. The number of rotatable bonds is 7. The molecule has 1 aromatic rings. The lowest BCUT2D eigenvalue weighted by molar-refractivity contribution is -0.137. The lowest BCUT2D eigenvalue weighted by Gasteiger charge is -2.15. The molecule has 19 heavy (non-hydrogen) atoms. The minimum Gasteiger partial charge on any atom is -0.166 e. The highest BCUT2D eigenvalue weighted by Gasteiger charge is 2.34. The van der Waals surface area contributed by atoms with Crippen LogP contribution in [0.3, 0.4) is 0 Å². The molecular weight excluding hydrogens is 268 g/mol. The second kappa shape index (κ2) is 7.89. The van der Waals surface area contributed by atoms with Gasteiger partial charge in [0, 0.05) is 0 Å². The van der Waals surface area contributed by atoms with Gasteiger partial charge in [-0.15, -0.1) is 9.24 Å². The van der Waals surface area contributed by atoms with Crippen LogP contribution >= 0.6 is 9.24 Å². The predicted octanol–water partition coefficient (Wildman–Crippen LogP) is 5.11. The summed E-state index contributed by atoms with van der Waals surface area (Å²) >= 11 is 0. The zero-order chi connectivity index (χ0) is 14.3. The van der Waals surface area contributed by atoms with Crippen molar-refractivity contribution >= 4 is 14.5 Å². The molecule has 0 radical (unpaired) electrons. The number of benzene rings is 1. The lowest BCUT2D eigenvalue weighted by atomic mass is 10.00. The Labute approximate surface area is 116 Å². The molecule has 108 valence electrons. The van der Waals surface area contributed by atoms with Crippen LogP contribution in [0.4, 0.5) is 13.2 Å². The third-order valence-corrected chi connectivity index (χ3v) is 3.75. The average Bonchev–Trinajstić information content (AvgIpc) is 2.32. The maximum absolute atomic E-state index is 13.0. The van der Waals surface area contributed by atoms with E-state index in [9.17, 15) is 13.2 Å². The molecule has 0 aliphatic carbocycles. The van der Waals surface area contributed by atoms with E-state index in [1.807, 2.05) is 0 Å². The molecule has 1 unspecified atom stereocenters. The molecule has 0 fully saturated rings. The van der Waals surface area contributed by atoms with E-state index in [0.29, 0.717) is 12.0 Å². The molecule has 0 saturated carbocycles. The Hall–Kier alpha value is -0.560. The number of alkyl halides is 3. The van der Waals surface area contributed by atoms with Crippen molar-refractivity contribution in [2.24, 2.45) is 0 Å². The van der Waals surface area contributed by atoms with E-state index in [1.54, 1.807) is 12.1 Å². The first-order valence-electron chi connectivity index (χ1n) is 6.91. The number of hydrogen-bond acceptors (Lipinski definition) is 0. The van der Waals surface area contributed by atoms with E-state index in [2.05, 4.69) is 16.2 Å². The normalized spacial score (nSPS) is 11.8. The largest absolute Gasteiger partial charge is 0.417 e. The van der Waals surface area contributed by atoms with Crippen LogP contribution in [-0.2, 0) is 12.6 Å². The second-order valence-electron chi connectivity index (χ2n) is 4.90. The molecule has 0 N–H and O–H groups in total. The van der Waals surface area contributed by atoms with Crippen LogP contribution in [0.25, 0.3) is 0 Å². The summed E-state index contributed by atoms with van der Waals surface area (Å²) < 4.78 is 38.9. The zero-order valence-corrected chi connectivity index (χ0v) is 12.5. The molecular formula is C15H22F3P. The Balaban J connectivity index is 2.56. The Morgan fingerprint density at radius 3 is 2.26 bits per heavy atom. The molecule has 1 atom stereocenters. The van der Waals surface area contributed by atoms with Gasteiger partial charge in [-0.1, -0.05) is 57.2 Å². The Bertz CT molecular complexity index is 385. The summed E-state index contributed by atoms with van der Waals surface area (Å²) in [6.45, 7) is 2.15. The summed E-state index contributed by atoms with van der Waals surface area (Å²) in [5.41, 5.74) is -0.0379. The SMILES string of the molecule is CCCCCCCCc1cccc(P)c1C(F)(F)F. The van der Waals surface area contributed by atoms with Gasteiger partial charge >= 0.3 is 6.18 Å². The molecule has 1 rings (SSSR count). The second-order valence-corrected chi connectivity index (χ2v) is 5.52. The molecule has 4 heteroatoms. The molecule has 0 bridgehead atoms. The van der Waals surface area contributed by atoms with Crippen molar-refractivity contribution in [3.8, 4) is 0 Å². The highest BCUT2D eigenvalue weighted by molar-refractivity contribution is 7.27. The van der Waals surface area contributed by atoms with Gasteiger partial charge in [0.15, 0.2) is 0 Å². The molecule has 0 spiro atoms. The van der Waals surface area contributed by atoms with E-state index in [-0.39, 0.29) is 5.30 Å². The van der Waals surface area contributed by atoms with Crippen molar-refractivity contribution < 1.29 is 13.2 Å². The fourth-order valence-corrected chi connectivity index (χ4v) is 2.73. The number of halogens is 3. The van der Waals surface area contributed by atoms with Crippen molar-refractivity contribution in [1.29, 1.82) is 0 Å². The van der Waals surface area contributed by atoms with Crippen LogP contribution in [0.1, 0.15) is 56.6 Å². The monoisotopic (exact) mass is 290 g/mol. The highest BCUT2D eigenvalue weighted by atomic mass is 31.0. The van der Waals surface area contributed by atoms with Crippen LogP contribution in [-0.4, -0.2) is 0 Å². The third-order valence-electron chi connectivity index (χ3n) is 3.27. The molecule has 0 amide bonds. The first-order chi connectivity index (χ1) is 8.96. The fraction of sp³-hybridized carbons (Fsp3) is 0.600. The van der Waals surface area contributed by atoms with Gasteiger partial charge in [-0.3, -0.25) is 0 Å². The zero-order valence-electron chi connectivity index (χ0n) is 11.4. The topological polar surface area (TPSA) is 0 Å². The molecule has 0 heterocycles. The van der Waals surface area contributed by atoms with Gasteiger partial charge in [0.1, 0.15) is 0 Å². The van der Waals surface area contributed by atoms with Gasteiger partial charge in [-0.25, -0.2) is 0 Å². The van der Waals surface area contributed by atoms with E-state index >= 15 is 0 Å². The number of hydrogen-bond donors (Lipinski definition) is 0. The van der Waals surface area contributed by atoms with Crippen LogP contribution in [0.5, 0.6) is 0 Å². The van der Waals surface area contributed by atoms with Gasteiger partial charge < -0.3 is 0 Å². The van der Waals surface area contributed by atoms with Gasteiger partial charge in [0.2, 0.25) is 0 Å². The summed E-state index contributed by atoms with van der Waals surface area (Å²) in [4.78, 5) is 0. The van der Waals surface area contributed by atoms with E-state index in [4.69, 9.17) is 0 Å². The standard InChI is InChI=1S/C15H22F3P/c1-2-3-4-5-6-7-9-12-10-8-11-13(19)14(12)15(16,17)18/h8,10-11H,2-7,9,19H2,1H3. The van der Waals surface area contributed by atoms with E-state index < -0.39 is 11.7 Å². The summed E-state index contributed by atoms with van der Waals surface area (Å²) in [5, 5.41) is 0.246. The maximum Gasteiger partial charge on any atom is 0.417 e.